The van der Waals surface area contributed by atoms with Crippen LogP contribution in [0.15, 0.2) is 128 Å². The SMILES string of the molecule is [I-].c1ccc(-c2cc(-c3ccccc3)[n+](-c3ccccn3)c(-c3ccccc3)c2)cc1. The third-order valence-electron chi connectivity index (χ3n) is 5.19. The van der Waals surface area contributed by atoms with Crippen LogP contribution in [-0.4, -0.2) is 4.98 Å². The topological polar surface area (TPSA) is 16.8 Å². The van der Waals surface area contributed by atoms with Crippen LogP contribution in [0.4, 0.5) is 0 Å². The second kappa shape index (κ2) is 9.67. The number of benzene rings is 3. The summed E-state index contributed by atoms with van der Waals surface area (Å²) in [5.74, 6) is 0.898. The Kier molecular flexibility index (Phi) is 6.53. The molecule has 0 radical (unpaired) electrons. The normalized spacial score (nSPS) is 10.3. The van der Waals surface area contributed by atoms with Gasteiger partial charge < -0.3 is 24.0 Å². The highest BCUT2D eigenvalue weighted by atomic mass is 127. The summed E-state index contributed by atoms with van der Waals surface area (Å²) in [6.45, 7) is 0. The summed E-state index contributed by atoms with van der Waals surface area (Å²) in [5.41, 5.74) is 6.89. The van der Waals surface area contributed by atoms with Gasteiger partial charge in [0.15, 0.2) is 0 Å². The summed E-state index contributed by atoms with van der Waals surface area (Å²) in [4.78, 5) is 4.69. The molecule has 0 saturated carbocycles. The van der Waals surface area contributed by atoms with Crippen LogP contribution < -0.4 is 28.5 Å². The van der Waals surface area contributed by atoms with Crippen molar-refractivity contribution in [2.24, 2.45) is 0 Å². The van der Waals surface area contributed by atoms with Crippen molar-refractivity contribution in [2.75, 3.05) is 0 Å². The van der Waals surface area contributed by atoms with Crippen LogP contribution in [0.2, 0.25) is 0 Å². The standard InChI is InChI=1S/C28H21N2.HI/c1-4-12-22(13-5-1)25-20-26(23-14-6-2-7-15-23)30(28-18-10-11-19-29-28)27(21-25)24-16-8-3-9-17-24;/h1-21H;1H/q+1;/p-1. The molecule has 31 heavy (non-hydrogen) atoms. The van der Waals surface area contributed by atoms with Crippen LogP contribution in [0.1, 0.15) is 0 Å². The van der Waals surface area contributed by atoms with E-state index in [0.29, 0.717) is 0 Å². The van der Waals surface area contributed by atoms with Gasteiger partial charge in [0.25, 0.3) is 0 Å². The molecular weight excluding hydrogens is 491 g/mol. The molecule has 0 atom stereocenters. The largest absolute Gasteiger partial charge is 1.00 e. The molecule has 5 rings (SSSR count). The molecule has 0 aliphatic carbocycles. The van der Waals surface area contributed by atoms with Crippen molar-refractivity contribution in [3.8, 4) is 39.5 Å². The highest BCUT2D eigenvalue weighted by molar-refractivity contribution is 5.74. The first kappa shape index (κ1) is 20.9. The maximum Gasteiger partial charge on any atom is 0.328 e. The van der Waals surface area contributed by atoms with Crippen molar-refractivity contribution in [1.82, 2.24) is 4.98 Å². The Morgan fingerprint density at radius 2 is 0.903 bits per heavy atom. The van der Waals surface area contributed by atoms with E-state index in [1.54, 1.807) is 0 Å². The van der Waals surface area contributed by atoms with Crippen molar-refractivity contribution < 1.29 is 28.5 Å². The molecule has 0 unspecified atom stereocenters. The van der Waals surface area contributed by atoms with E-state index in [1.807, 2.05) is 30.5 Å². The van der Waals surface area contributed by atoms with Gasteiger partial charge in [0.2, 0.25) is 0 Å². The van der Waals surface area contributed by atoms with Crippen molar-refractivity contribution in [2.45, 2.75) is 0 Å². The van der Waals surface area contributed by atoms with E-state index in [4.69, 9.17) is 0 Å². The molecule has 2 heterocycles. The molecule has 150 valence electrons. The first-order valence-electron chi connectivity index (χ1n) is 10.1. The quantitative estimate of drug-likeness (QED) is 0.267. The predicted octanol–water partition coefficient (Wildman–Crippen LogP) is 3.36. The number of hydrogen-bond donors (Lipinski definition) is 0. The summed E-state index contributed by atoms with van der Waals surface area (Å²) < 4.78 is 2.25. The van der Waals surface area contributed by atoms with Crippen molar-refractivity contribution in [3.05, 3.63) is 128 Å². The average Bonchev–Trinajstić information content (AvgIpc) is 2.85. The Balaban J connectivity index is 0.00000231. The zero-order chi connectivity index (χ0) is 20.2. The Labute approximate surface area is 199 Å². The fourth-order valence-corrected chi connectivity index (χ4v) is 3.77. The molecule has 0 N–H and O–H groups in total. The van der Waals surface area contributed by atoms with Crippen LogP contribution in [0.3, 0.4) is 0 Å². The summed E-state index contributed by atoms with van der Waals surface area (Å²) in [6.07, 6.45) is 1.84. The number of hydrogen-bond acceptors (Lipinski definition) is 1. The summed E-state index contributed by atoms with van der Waals surface area (Å²) in [6, 6.07) is 42.1. The van der Waals surface area contributed by atoms with Crippen molar-refractivity contribution in [3.63, 3.8) is 0 Å². The molecule has 2 nitrogen and oxygen atoms in total. The lowest BCUT2D eigenvalue weighted by Crippen LogP contribution is -3.00. The van der Waals surface area contributed by atoms with Gasteiger partial charge in [-0.1, -0.05) is 97.1 Å². The zero-order valence-electron chi connectivity index (χ0n) is 16.9. The van der Waals surface area contributed by atoms with Crippen LogP contribution in [0, 0.1) is 0 Å². The number of pyridine rings is 2. The third kappa shape index (κ3) is 4.42. The molecule has 0 aliphatic rings. The second-order valence-corrected chi connectivity index (χ2v) is 7.14. The minimum absolute atomic E-state index is 0. The van der Waals surface area contributed by atoms with E-state index in [-0.39, 0.29) is 24.0 Å². The van der Waals surface area contributed by atoms with Crippen molar-refractivity contribution >= 4 is 0 Å². The van der Waals surface area contributed by atoms with Crippen LogP contribution >= 0.6 is 0 Å². The maximum absolute atomic E-state index is 4.69. The molecule has 3 aromatic carbocycles. The summed E-state index contributed by atoms with van der Waals surface area (Å²) in [7, 11) is 0. The van der Waals surface area contributed by atoms with Crippen molar-refractivity contribution in [1.29, 1.82) is 0 Å². The molecule has 0 aliphatic heterocycles. The van der Waals surface area contributed by atoms with E-state index < -0.39 is 0 Å². The maximum atomic E-state index is 4.69. The molecule has 2 aromatic heterocycles. The van der Waals surface area contributed by atoms with E-state index in [9.17, 15) is 0 Å². The minimum atomic E-state index is 0. The van der Waals surface area contributed by atoms with Gasteiger partial charge in [-0.05, 0) is 34.3 Å². The Bertz CT molecular complexity index is 1200. The highest BCUT2D eigenvalue weighted by Crippen LogP contribution is 2.30. The molecular formula is C28H21IN2. The zero-order valence-corrected chi connectivity index (χ0v) is 19.1. The molecule has 3 heteroatoms. The minimum Gasteiger partial charge on any atom is -1.00 e. The van der Waals surface area contributed by atoms with Crippen LogP contribution in [0.25, 0.3) is 39.5 Å². The lowest BCUT2D eigenvalue weighted by Gasteiger charge is -2.14. The predicted molar refractivity (Wildman–Crippen MR) is 122 cm³/mol. The molecule has 0 saturated heterocycles. The fourth-order valence-electron chi connectivity index (χ4n) is 3.77. The van der Waals surface area contributed by atoms with E-state index in [0.717, 1.165) is 28.3 Å². The monoisotopic (exact) mass is 512 g/mol. The van der Waals surface area contributed by atoms with E-state index in [1.165, 1.54) is 11.1 Å². The van der Waals surface area contributed by atoms with Gasteiger partial charge in [-0.2, -0.15) is 4.57 Å². The number of rotatable bonds is 4. The lowest BCUT2D eigenvalue weighted by atomic mass is 9.99. The summed E-state index contributed by atoms with van der Waals surface area (Å²) >= 11 is 0. The number of aromatic nitrogens is 2. The van der Waals surface area contributed by atoms with Crippen LogP contribution in [0.5, 0.6) is 0 Å². The van der Waals surface area contributed by atoms with Gasteiger partial charge in [0.1, 0.15) is 17.6 Å². The smallest absolute Gasteiger partial charge is 0.328 e. The van der Waals surface area contributed by atoms with E-state index in [2.05, 4.69) is 107 Å². The van der Waals surface area contributed by atoms with Gasteiger partial charge in [-0.15, -0.1) is 0 Å². The van der Waals surface area contributed by atoms with Crippen LogP contribution in [-0.2, 0) is 0 Å². The van der Waals surface area contributed by atoms with Gasteiger partial charge in [-0.25, -0.2) is 0 Å². The first-order chi connectivity index (χ1) is 14.9. The molecule has 0 bridgehead atoms. The molecule has 5 aromatic rings. The average molecular weight is 512 g/mol. The fraction of sp³-hybridized carbons (Fsp3) is 0. The Morgan fingerprint density at radius 3 is 1.35 bits per heavy atom. The second-order valence-electron chi connectivity index (χ2n) is 7.14. The lowest BCUT2D eigenvalue weighted by molar-refractivity contribution is -0.576. The van der Waals surface area contributed by atoms with Gasteiger partial charge in [-0.3, -0.25) is 0 Å². The first-order valence-corrected chi connectivity index (χ1v) is 10.1. The third-order valence-corrected chi connectivity index (χ3v) is 5.19. The Hall–Kier alpha value is -3.31. The Morgan fingerprint density at radius 1 is 0.452 bits per heavy atom. The number of nitrogens with zero attached hydrogens (tertiary/aromatic N) is 2. The highest BCUT2D eigenvalue weighted by Gasteiger charge is 2.22. The molecule has 0 fully saturated rings. The van der Waals surface area contributed by atoms with E-state index >= 15 is 0 Å². The summed E-state index contributed by atoms with van der Waals surface area (Å²) in [5, 5.41) is 0. The van der Waals surface area contributed by atoms with Gasteiger partial charge in [0, 0.05) is 17.2 Å². The molecule has 0 spiro atoms. The number of halogens is 1. The van der Waals surface area contributed by atoms with Gasteiger partial charge >= 0.3 is 5.82 Å². The van der Waals surface area contributed by atoms with Gasteiger partial charge in [0.05, 0.1) is 0 Å². The molecule has 0 amide bonds.